The molecular weight excluding hydrogens is 454 g/mol. The van der Waals surface area contributed by atoms with E-state index >= 15 is 0 Å². The predicted molar refractivity (Wildman–Crippen MR) is 129 cm³/mol. The van der Waals surface area contributed by atoms with Crippen LogP contribution in [0, 0.1) is 0 Å². The highest BCUT2D eigenvalue weighted by Gasteiger charge is 2.60. The molecule has 3 amide bonds. The number of fused-ring (bicyclic) bond motifs is 3. The number of carbonyl (C=O) groups excluding carboxylic acids is 3. The number of carbonyl (C=O) groups is 3. The van der Waals surface area contributed by atoms with E-state index < -0.39 is 11.6 Å². The second-order valence-corrected chi connectivity index (χ2v) is 8.65. The minimum atomic E-state index is -1.51. The molecule has 0 radical (unpaired) electrons. The fourth-order valence-corrected chi connectivity index (χ4v) is 5.00. The Hall–Kier alpha value is -3.84. The van der Waals surface area contributed by atoms with E-state index in [0.29, 0.717) is 27.7 Å². The van der Waals surface area contributed by atoms with Gasteiger partial charge in [0.25, 0.3) is 11.8 Å². The van der Waals surface area contributed by atoms with Gasteiger partial charge < -0.3 is 15.0 Å². The van der Waals surface area contributed by atoms with Gasteiger partial charge in [-0.1, -0.05) is 54.1 Å². The van der Waals surface area contributed by atoms with Crippen molar-refractivity contribution in [3.63, 3.8) is 0 Å². The minimum Gasteiger partial charge on any atom is -0.495 e. The normalized spacial score (nSPS) is 19.0. The molecule has 2 aliphatic rings. The van der Waals surface area contributed by atoms with Gasteiger partial charge in [0, 0.05) is 25.1 Å². The Bertz CT molecular complexity index is 1300. The number of ether oxygens (including phenoxy) is 1. The Morgan fingerprint density at radius 1 is 1.06 bits per heavy atom. The topological polar surface area (TPSA) is 79.0 Å². The average molecular weight is 476 g/mol. The summed E-state index contributed by atoms with van der Waals surface area (Å²) in [6.45, 7) is 0.175. The van der Waals surface area contributed by atoms with Crippen molar-refractivity contribution in [1.82, 2.24) is 4.90 Å². The molecule has 3 aromatic rings. The van der Waals surface area contributed by atoms with Crippen molar-refractivity contribution < 1.29 is 19.1 Å². The van der Waals surface area contributed by atoms with E-state index in [4.69, 9.17) is 16.3 Å². The number of benzene rings is 3. The number of rotatable bonds is 5. The number of para-hydroxylation sites is 1. The highest BCUT2D eigenvalue weighted by Crippen LogP contribution is 2.45. The third-order valence-electron chi connectivity index (χ3n) is 6.33. The summed E-state index contributed by atoms with van der Waals surface area (Å²) in [5.74, 6) is -0.504. The van der Waals surface area contributed by atoms with Gasteiger partial charge in [-0.3, -0.25) is 19.3 Å². The highest BCUT2D eigenvalue weighted by molar-refractivity contribution is 6.32. The van der Waals surface area contributed by atoms with Crippen LogP contribution in [0.2, 0.25) is 5.02 Å². The maximum atomic E-state index is 14.0. The van der Waals surface area contributed by atoms with E-state index in [2.05, 4.69) is 5.32 Å². The van der Waals surface area contributed by atoms with Gasteiger partial charge in [-0.15, -0.1) is 0 Å². The Labute approximate surface area is 201 Å². The van der Waals surface area contributed by atoms with Crippen LogP contribution >= 0.6 is 11.6 Å². The molecule has 172 valence electrons. The molecule has 1 unspecified atom stereocenters. The zero-order valence-corrected chi connectivity index (χ0v) is 19.2. The monoisotopic (exact) mass is 475 g/mol. The van der Waals surface area contributed by atoms with Crippen LogP contribution in [0.5, 0.6) is 5.75 Å². The quantitative estimate of drug-likeness (QED) is 0.590. The largest absolute Gasteiger partial charge is 0.495 e. The van der Waals surface area contributed by atoms with E-state index in [0.717, 1.165) is 5.56 Å². The Morgan fingerprint density at radius 2 is 1.79 bits per heavy atom. The maximum Gasteiger partial charge on any atom is 0.271 e. The van der Waals surface area contributed by atoms with Crippen LogP contribution < -0.4 is 15.0 Å². The predicted octanol–water partition coefficient (Wildman–Crippen LogP) is 4.47. The van der Waals surface area contributed by atoms with Crippen molar-refractivity contribution in [2.24, 2.45) is 0 Å². The van der Waals surface area contributed by atoms with Crippen molar-refractivity contribution in [3.05, 3.63) is 88.9 Å². The van der Waals surface area contributed by atoms with Gasteiger partial charge in [0.05, 0.1) is 23.4 Å². The molecule has 0 aromatic heterocycles. The molecule has 1 atom stereocenters. The van der Waals surface area contributed by atoms with E-state index in [1.165, 1.54) is 16.9 Å². The fourth-order valence-electron chi connectivity index (χ4n) is 4.74. The number of hydrogen-bond acceptors (Lipinski definition) is 4. The summed E-state index contributed by atoms with van der Waals surface area (Å²) < 4.78 is 5.19. The van der Waals surface area contributed by atoms with Gasteiger partial charge >= 0.3 is 0 Å². The first-order valence-electron chi connectivity index (χ1n) is 10.9. The maximum absolute atomic E-state index is 14.0. The lowest BCUT2D eigenvalue weighted by Crippen LogP contribution is -2.69. The lowest BCUT2D eigenvalue weighted by molar-refractivity contribution is -0.129. The summed E-state index contributed by atoms with van der Waals surface area (Å²) in [6.07, 6.45) is 0.318. The zero-order valence-electron chi connectivity index (χ0n) is 18.5. The smallest absolute Gasteiger partial charge is 0.271 e. The Balaban J connectivity index is 1.62. The van der Waals surface area contributed by atoms with Crippen LogP contribution in [0.3, 0.4) is 0 Å². The summed E-state index contributed by atoms with van der Waals surface area (Å²) >= 11 is 6.25. The molecule has 1 fully saturated rings. The van der Waals surface area contributed by atoms with Crippen LogP contribution in [0.1, 0.15) is 28.8 Å². The molecular formula is C26H22ClN3O4. The Kier molecular flexibility index (Phi) is 5.49. The van der Waals surface area contributed by atoms with Gasteiger partial charge in [0.1, 0.15) is 5.75 Å². The van der Waals surface area contributed by atoms with Crippen molar-refractivity contribution in [2.45, 2.75) is 25.0 Å². The Morgan fingerprint density at radius 3 is 2.53 bits per heavy atom. The van der Waals surface area contributed by atoms with Crippen LogP contribution in [-0.4, -0.2) is 35.4 Å². The SMILES string of the molecule is COc1ccc(NC(=O)C23CCC(=O)N2c2ccccc2C(=O)N3Cc2ccccc2)cc1Cl. The van der Waals surface area contributed by atoms with Gasteiger partial charge in [-0.25, -0.2) is 0 Å². The number of nitrogens with one attached hydrogen (secondary N) is 1. The second-order valence-electron chi connectivity index (χ2n) is 8.24. The second kappa shape index (κ2) is 8.50. The van der Waals surface area contributed by atoms with Crippen LogP contribution in [0.15, 0.2) is 72.8 Å². The van der Waals surface area contributed by atoms with E-state index in [9.17, 15) is 14.4 Å². The summed E-state index contributed by atoms with van der Waals surface area (Å²) in [7, 11) is 1.51. The lowest BCUT2D eigenvalue weighted by atomic mass is 9.94. The standard InChI is InChI=1S/C26H22ClN3O4/c1-34-22-12-11-18(15-20(22)27)28-25(33)26-14-13-23(31)30(26)21-10-6-5-9-19(21)24(32)29(26)16-17-7-3-2-4-8-17/h2-12,15H,13-14,16H2,1H3,(H,28,33). The van der Waals surface area contributed by atoms with E-state index in [1.807, 2.05) is 30.3 Å². The molecule has 5 rings (SSSR count). The zero-order chi connectivity index (χ0) is 23.9. The van der Waals surface area contributed by atoms with Crippen LogP contribution in [0.4, 0.5) is 11.4 Å². The molecule has 2 aliphatic heterocycles. The summed E-state index contributed by atoms with van der Waals surface area (Å²) in [5.41, 5.74) is 0.626. The molecule has 7 nitrogen and oxygen atoms in total. The molecule has 1 saturated heterocycles. The third kappa shape index (κ3) is 3.40. The molecule has 8 heteroatoms. The highest BCUT2D eigenvalue weighted by atomic mass is 35.5. The first-order chi connectivity index (χ1) is 16.5. The van der Waals surface area contributed by atoms with Crippen LogP contribution in [0.25, 0.3) is 0 Å². The van der Waals surface area contributed by atoms with Gasteiger partial charge in [0.2, 0.25) is 11.6 Å². The summed E-state index contributed by atoms with van der Waals surface area (Å²) in [5, 5.41) is 3.22. The summed E-state index contributed by atoms with van der Waals surface area (Å²) in [6, 6.07) is 21.2. The number of nitrogens with zero attached hydrogens (tertiary/aromatic N) is 2. The van der Waals surface area contributed by atoms with Gasteiger partial charge in [-0.2, -0.15) is 0 Å². The lowest BCUT2D eigenvalue weighted by Gasteiger charge is -2.49. The molecule has 34 heavy (non-hydrogen) atoms. The molecule has 0 bridgehead atoms. The van der Waals surface area contributed by atoms with Crippen LogP contribution in [-0.2, 0) is 16.1 Å². The third-order valence-corrected chi connectivity index (χ3v) is 6.63. The summed E-state index contributed by atoms with van der Waals surface area (Å²) in [4.78, 5) is 43.8. The van der Waals surface area contributed by atoms with Gasteiger partial charge in [-0.05, 0) is 35.9 Å². The minimum absolute atomic E-state index is 0.143. The molecule has 2 heterocycles. The molecule has 0 aliphatic carbocycles. The average Bonchev–Trinajstić information content (AvgIpc) is 3.21. The number of amides is 3. The molecule has 0 saturated carbocycles. The first kappa shape index (κ1) is 22.0. The van der Waals surface area contributed by atoms with E-state index in [-0.39, 0.29) is 31.2 Å². The van der Waals surface area contributed by atoms with E-state index in [1.54, 1.807) is 42.5 Å². The van der Waals surface area contributed by atoms with Crippen molar-refractivity contribution in [3.8, 4) is 5.75 Å². The molecule has 3 aromatic carbocycles. The molecule has 0 spiro atoms. The van der Waals surface area contributed by atoms with Crippen molar-refractivity contribution >= 4 is 40.7 Å². The number of hydrogen-bond donors (Lipinski definition) is 1. The number of anilines is 2. The number of methoxy groups -OCH3 is 1. The fraction of sp³-hybridized carbons (Fsp3) is 0.192. The molecule has 1 N–H and O–H groups in total. The first-order valence-corrected chi connectivity index (χ1v) is 11.3. The van der Waals surface area contributed by atoms with Crippen molar-refractivity contribution in [2.75, 3.05) is 17.3 Å². The van der Waals surface area contributed by atoms with Crippen molar-refractivity contribution in [1.29, 1.82) is 0 Å². The van der Waals surface area contributed by atoms with Gasteiger partial charge in [0.15, 0.2) is 0 Å². The number of halogens is 1.